The van der Waals surface area contributed by atoms with Crippen molar-refractivity contribution in [1.82, 2.24) is 15.2 Å². The number of alkyl halides is 3. The van der Waals surface area contributed by atoms with E-state index in [1.54, 1.807) is 0 Å². The number of hydrogen-bond donors (Lipinski definition) is 2. The normalized spacial score (nSPS) is 20.4. The summed E-state index contributed by atoms with van der Waals surface area (Å²) in [6.07, 6.45) is -1.45. The Bertz CT molecular complexity index is 1000. The lowest BCUT2D eigenvalue weighted by atomic mass is 10.0. The predicted octanol–water partition coefficient (Wildman–Crippen LogP) is 3.82. The van der Waals surface area contributed by atoms with E-state index in [4.69, 9.17) is 11.6 Å². The van der Waals surface area contributed by atoms with E-state index >= 15 is 0 Å². The Balaban J connectivity index is 1.40. The van der Waals surface area contributed by atoms with E-state index in [2.05, 4.69) is 24.8 Å². The van der Waals surface area contributed by atoms with E-state index in [-0.39, 0.29) is 17.7 Å². The van der Waals surface area contributed by atoms with Gasteiger partial charge in [0.2, 0.25) is 11.8 Å². The highest BCUT2D eigenvalue weighted by atomic mass is 35.5. The molecule has 3 atom stereocenters. The number of hydrogen-bond acceptors (Lipinski definition) is 6. The summed E-state index contributed by atoms with van der Waals surface area (Å²) in [6.45, 7) is 2.09. The molecule has 0 bridgehead atoms. The Labute approximate surface area is 213 Å². The number of carbonyl (C=O) groups is 1. The lowest BCUT2D eigenvalue weighted by Gasteiger charge is -2.29. The molecule has 2 aromatic rings. The van der Waals surface area contributed by atoms with Crippen molar-refractivity contribution in [2.24, 2.45) is 5.92 Å². The average Bonchev–Trinajstić information content (AvgIpc) is 3.55. The van der Waals surface area contributed by atoms with Crippen molar-refractivity contribution < 1.29 is 27.8 Å². The van der Waals surface area contributed by atoms with Crippen LogP contribution < -0.4 is 15.0 Å². The van der Waals surface area contributed by atoms with Crippen LogP contribution in [0.15, 0.2) is 42.6 Å². The molecule has 1 amide bonds. The Kier molecular flexibility index (Phi) is 8.58. The van der Waals surface area contributed by atoms with E-state index in [1.807, 2.05) is 24.3 Å². The number of likely N-dealkylation sites (tertiary alicyclic amines) is 1. The number of carbonyl (C=O) groups excluding carboxylic acids is 1. The van der Waals surface area contributed by atoms with E-state index < -0.39 is 24.9 Å². The van der Waals surface area contributed by atoms with Gasteiger partial charge in [0.25, 0.3) is 0 Å². The van der Waals surface area contributed by atoms with Gasteiger partial charge in [0, 0.05) is 48.2 Å². The van der Waals surface area contributed by atoms with E-state index in [1.165, 1.54) is 18.3 Å². The minimum Gasteiger partial charge on any atom is -0.468 e. The molecule has 0 radical (unpaired) electrons. The molecule has 2 aliphatic heterocycles. The smallest absolute Gasteiger partial charge is 0.422 e. The van der Waals surface area contributed by atoms with Crippen LogP contribution in [-0.4, -0.2) is 72.4 Å². The zero-order valence-electron chi connectivity index (χ0n) is 19.8. The summed E-state index contributed by atoms with van der Waals surface area (Å²) in [7, 11) is 0. The van der Waals surface area contributed by atoms with Crippen molar-refractivity contribution in [3.8, 4) is 5.88 Å². The van der Waals surface area contributed by atoms with Gasteiger partial charge in [-0.3, -0.25) is 4.79 Å². The van der Waals surface area contributed by atoms with Crippen molar-refractivity contribution in [2.75, 3.05) is 44.2 Å². The Morgan fingerprint density at radius 2 is 1.89 bits per heavy atom. The molecule has 0 saturated carbocycles. The van der Waals surface area contributed by atoms with Crippen LogP contribution in [0.5, 0.6) is 5.88 Å². The average molecular weight is 527 g/mol. The number of amides is 1. The SMILES string of the molecule is O=C(N[C@H](CN1CCCC1)[C@H](O)c1ccc(OCC(F)(F)F)nc1)C1CCN(c2ccc(Cl)cc2)C1. The molecule has 36 heavy (non-hydrogen) atoms. The molecule has 3 heterocycles. The fourth-order valence-corrected chi connectivity index (χ4v) is 4.80. The van der Waals surface area contributed by atoms with Crippen molar-refractivity contribution in [2.45, 2.75) is 37.6 Å². The molecule has 2 N–H and O–H groups in total. The number of aromatic nitrogens is 1. The first kappa shape index (κ1) is 26.5. The minimum atomic E-state index is -4.46. The van der Waals surface area contributed by atoms with E-state index in [0.717, 1.165) is 38.2 Å². The highest BCUT2D eigenvalue weighted by Gasteiger charge is 2.33. The highest BCUT2D eigenvalue weighted by molar-refractivity contribution is 6.30. The molecule has 0 spiro atoms. The van der Waals surface area contributed by atoms with Gasteiger partial charge in [-0.25, -0.2) is 4.98 Å². The number of nitrogens with zero attached hydrogens (tertiary/aromatic N) is 3. The first-order valence-corrected chi connectivity index (χ1v) is 12.4. The third-order valence-corrected chi connectivity index (χ3v) is 6.85. The largest absolute Gasteiger partial charge is 0.468 e. The van der Waals surface area contributed by atoms with Gasteiger partial charge in [-0.2, -0.15) is 13.2 Å². The molecular weight excluding hydrogens is 497 g/mol. The van der Waals surface area contributed by atoms with Crippen molar-refractivity contribution in [3.63, 3.8) is 0 Å². The highest BCUT2D eigenvalue weighted by Crippen LogP contribution is 2.27. The molecule has 0 aliphatic carbocycles. The van der Waals surface area contributed by atoms with Gasteiger partial charge < -0.3 is 25.0 Å². The lowest BCUT2D eigenvalue weighted by Crippen LogP contribution is -2.48. The first-order chi connectivity index (χ1) is 17.2. The van der Waals surface area contributed by atoms with Gasteiger partial charge in [-0.15, -0.1) is 0 Å². The lowest BCUT2D eigenvalue weighted by molar-refractivity contribution is -0.154. The number of anilines is 1. The third kappa shape index (κ3) is 7.24. The second kappa shape index (κ2) is 11.7. The predicted molar refractivity (Wildman–Crippen MR) is 130 cm³/mol. The molecular formula is C25H30ClF3N4O3. The van der Waals surface area contributed by atoms with E-state index in [9.17, 15) is 23.1 Å². The molecule has 11 heteroatoms. The van der Waals surface area contributed by atoms with E-state index in [0.29, 0.717) is 30.1 Å². The van der Waals surface area contributed by atoms with Gasteiger partial charge in [0.05, 0.1) is 12.0 Å². The zero-order chi connectivity index (χ0) is 25.7. The molecule has 4 rings (SSSR count). The molecule has 196 valence electrons. The Morgan fingerprint density at radius 1 is 1.17 bits per heavy atom. The summed E-state index contributed by atoms with van der Waals surface area (Å²) in [4.78, 5) is 21.4. The summed E-state index contributed by atoms with van der Waals surface area (Å²) in [5.41, 5.74) is 1.40. The first-order valence-electron chi connectivity index (χ1n) is 12.0. The number of pyridine rings is 1. The number of nitrogens with one attached hydrogen (secondary N) is 1. The van der Waals surface area contributed by atoms with Gasteiger partial charge >= 0.3 is 6.18 Å². The van der Waals surface area contributed by atoms with Crippen LogP contribution in [-0.2, 0) is 4.79 Å². The van der Waals surface area contributed by atoms with Crippen LogP contribution >= 0.6 is 11.6 Å². The second-order valence-corrected chi connectivity index (χ2v) is 9.75. The Hall–Kier alpha value is -2.56. The minimum absolute atomic E-state index is 0.132. The molecule has 1 aromatic carbocycles. The number of ether oxygens (including phenoxy) is 1. The summed E-state index contributed by atoms with van der Waals surface area (Å²) in [5.74, 6) is -0.547. The van der Waals surface area contributed by atoms with Crippen molar-refractivity contribution in [1.29, 1.82) is 0 Å². The van der Waals surface area contributed by atoms with Crippen LogP contribution in [0, 0.1) is 5.92 Å². The fraction of sp³-hybridized carbons (Fsp3) is 0.520. The summed E-state index contributed by atoms with van der Waals surface area (Å²) < 4.78 is 41.8. The maximum Gasteiger partial charge on any atom is 0.422 e. The fourth-order valence-electron chi connectivity index (χ4n) is 4.67. The maximum atomic E-state index is 13.2. The molecule has 2 saturated heterocycles. The third-order valence-electron chi connectivity index (χ3n) is 6.60. The topological polar surface area (TPSA) is 77.9 Å². The monoisotopic (exact) mass is 526 g/mol. The number of benzene rings is 1. The molecule has 2 fully saturated rings. The van der Waals surface area contributed by atoms with Crippen LogP contribution in [0.2, 0.25) is 5.02 Å². The van der Waals surface area contributed by atoms with Crippen LogP contribution in [0.1, 0.15) is 30.9 Å². The zero-order valence-corrected chi connectivity index (χ0v) is 20.5. The van der Waals surface area contributed by atoms with Gasteiger partial charge in [0.1, 0.15) is 6.10 Å². The van der Waals surface area contributed by atoms with Crippen LogP contribution in [0.25, 0.3) is 0 Å². The Morgan fingerprint density at radius 3 is 2.53 bits per heavy atom. The van der Waals surface area contributed by atoms with Crippen molar-refractivity contribution in [3.05, 3.63) is 53.2 Å². The van der Waals surface area contributed by atoms with Crippen LogP contribution in [0.4, 0.5) is 18.9 Å². The van der Waals surface area contributed by atoms with Gasteiger partial charge in [-0.05, 0) is 62.7 Å². The van der Waals surface area contributed by atoms with Gasteiger partial charge in [0.15, 0.2) is 6.61 Å². The molecule has 2 aliphatic rings. The van der Waals surface area contributed by atoms with Crippen LogP contribution in [0.3, 0.4) is 0 Å². The summed E-state index contributed by atoms with van der Waals surface area (Å²) in [6, 6.07) is 9.67. The van der Waals surface area contributed by atoms with Crippen molar-refractivity contribution >= 4 is 23.2 Å². The summed E-state index contributed by atoms with van der Waals surface area (Å²) in [5, 5.41) is 14.8. The molecule has 1 unspecified atom stereocenters. The maximum absolute atomic E-state index is 13.2. The summed E-state index contributed by atoms with van der Waals surface area (Å²) >= 11 is 5.98. The molecule has 7 nitrogen and oxygen atoms in total. The number of halogens is 4. The number of aliphatic hydroxyl groups excluding tert-OH is 1. The number of rotatable bonds is 9. The quantitative estimate of drug-likeness (QED) is 0.517. The second-order valence-electron chi connectivity index (χ2n) is 9.31. The van der Waals surface area contributed by atoms with Gasteiger partial charge in [-0.1, -0.05) is 11.6 Å². The number of aliphatic hydroxyl groups is 1. The molecule has 1 aromatic heterocycles. The standard InChI is InChI=1S/C25H30ClF3N4O3/c26-19-4-6-20(7-5-19)33-12-9-18(14-33)24(35)31-21(15-32-10-1-2-11-32)23(34)17-3-8-22(30-13-17)36-16-25(27,28)29/h3-8,13,18,21,23,34H,1-2,9-12,14-16H2,(H,31,35)/t18?,21-,23-/m1/s1.